The normalized spacial score (nSPS) is 13.5. The van der Waals surface area contributed by atoms with Crippen molar-refractivity contribution in [3.8, 4) is 23.0 Å². The second-order valence-electron chi connectivity index (χ2n) is 14.2. The summed E-state index contributed by atoms with van der Waals surface area (Å²) in [4.78, 5) is 36.4. The highest BCUT2D eigenvalue weighted by Crippen LogP contribution is 2.59. The molecule has 0 saturated heterocycles. The van der Waals surface area contributed by atoms with Crippen LogP contribution < -0.4 is 4.74 Å². The topological polar surface area (TPSA) is 134 Å². The van der Waals surface area contributed by atoms with Crippen LogP contribution in [0.15, 0.2) is 146 Å². The van der Waals surface area contributed by atoms with Gasteiger partial charge in [0, 0.05) is 80.7 Å². The second kappa shape index (κ2) is 15.3. The largest absolute Gasteiger partial charge is 0.507 e. The average Bonchev–Trinajstić information content (AvgIpc) is 3.53. The van der Waals surface area contributed by atoms with Gasteiger partial charge < -0.3 is 19.7 Å². The van der Waals surface area contributed by atoms with Crippen molar-refractivity contribution in [2.45, 2.75) is 44.9 Å². The van der Waals surface area contributed by atoms with Gasteiger partial charge in [-0.25, -0.2) is 4.79 Å². The van der Waals surface area contributed by atoms with Crippen LogP contribution in [0.3, 0.4) is 0 Å². The van der Waals surface area contributed by atoms with Crippen molar-refractivity contribution in [1.82, 2.24) is 29.7 Å². The maximum absolute atomic E-state index is 13.8. The molecule has 0 aliphatic carbocycles. The Labute approximate surface area is 329 Å². The summed E-state index contributed by atoms with van der Waals surface area (Å²) in [5.74, 6) is 0.211. The number of ether oxygens (including phenoxy) is 2. The molecule has 2 aliphatic heterocycles. The van der Waals surface area contributed by atoms with Crippen LogP contribution in [0, 0.1) is 0 Å². The fourth-order valence-electron chi connectivity index (χ4n) is 7.86. The SMILES string of the molecule is O=C1OC2(c3ccccc31)c1ccc(O)c(CN(Cc3ccccn3)Cc3ccccn3)c1Oc1c2ccc(O)c1CN(Cc1ccccn1)Cc1ccccn1. The molecule has 0 unspecified atom stereocenters. The van der Waals surface area contributed by atoms with Gasteiger partial charge in [0.1, 0.15) is 23.0 Å². The van der Waals surface area contributed by atoms with E-state index in [0.717, 1.165) is 22.8 Å². The molecule has 282 valence electrons. The summed E-state index contributed by atoms with van der Waals surface area (Å²) in [5.41, 5.74) is 5.08. The molecule has 4 aromatic heterocycles. The number of nitrogens with zero attached hydrogens (tertiary/aromatic N) is 6. The molecule has 9 rings (SSSR count). The van der Waals surface area contributed by atoms with E-state index in [1.807, 2.05) is 91.0 Å². The minimum atomic E-state index is -1.44. The Morgan fingerprint density at radius 3 is 1.28 bits per heavy atom. The summed E-state index contributed by atoms with van der Waals surface area (Å²) in [6, 6.07) is 37.2. The lowest BCUT2D eigenvalue weighted by molar-refractivity contribution is 0.0221. The Bertz CT molecular complexity index is 2310. The Morgan fingerprint density at radius 2 is 0.877 bits per heavy atom. The number of phenolic OH excluding ortho intramolecular Hbond substituents is 2. The Morgan fingerprint density at radius 1 is 0.474 bits per heavy atom. The molecule has 0 atom stereocenters. The molecule has 6 heterocycles. The third kappa shape index (κ3) is 6.94. The molecule has 0 radical (unpaired) electrons. The third-order valence-corrected chi connectivity index (χ3v) is 10.4. The standard InChI is InChI=1S/C46H38N6O5/c53-41-19-17-39-43(36(41)29-51(25-31-11-3-7-21-47-31)26-32-12-4-8-22-48-32)56-44-37(30-52(27-33-13-5-9-23-49-33)28-34-14-6-10-24-50-34)42(54)20-18-40(44)46(39)38-16-2-1-15-35(38)45(55)57-46/h1-24,53-54H,25-30H2. The number of phenols is 2. The maximum Gasteiger partial charge on any atom is 0.340 e. The first kappa shape index (κ1) is 35.7. The smallest absolute Gasteiger partial charge is 0.340 e. The van der Waals surface area contributed by atoms with Gasteiger partial charge in [-0.3, -0.25) is 29.7 Å². The van der Waals surface area contributed by atoms with E-state index in [2.05, 4.69) is 29.7 Å². The lowest BCUT2D eigenvalue weighted by atomic mass is 9.76. The van der Waals surface area contributed by atoms with Crippen LogP contribution in [0.5, 0.6) is 23.0 Å². The predicted octanol–water partition coefficient (Wildman–Crippen LogP) is 7.65. The molecule has 7 aromatic rings. The molecule has 0 amide bonds. The van der Waals surface area contributed by atoms with Crippen molar-refractivity contribution >= 4 is 5.97 Å². The highest BCUT2D eigenvalue weighted by atomic mass is 16.6. The third-order valence-electron chi connectivity index (χ3n) is 10.4. The Hall–Kier alpha value is -6.95. The van der Waals surface area contributed by atoms with Gasteiger partial charge in [-0.2, -0.15) is 0 Å². The summed E-state index contributed by atoms with van der Waals surface area (Å²) in [5, 5.41) is 23.5. The quantitative estimate of drug-likeness (QED) is 0.119. The van der Waals surface area contributed by atoms with Crippen molar-refractivity contribution in [3.05, 3.63) is 202 Å². The highest BCUT2D eigenvalue weighted by molar-refractivity contribution is 5.97. The molecule has 11 nitrogen and oxygen atoms in total. The summed E-state index contributed by atoms with van der Waals surface area (Å²) in [6.07, 6.45) is 7.02. The number of rotatable bonds is 12. The molecule has 2 N–H and O–H groups in total. The van der Waals surface area contributed by atoms with Crippen LogP contribution >= 0.6 is 0 Å². The lowest BCUT2D eigenvalue weighted by Crippen LogP contribution is -2.34. The van der Waals surface area contributed by atoms with Crippen LogP contribution in [0.1, 0.15) is 61.0 Å². The van der Waals surface area contributed by atoms with E-state index in [0.29, 0.717) is 71.1 Å². The Balaban J connectivity index is 1.19. The van der Waals surface area contributed by atoms with Crippen LogP contribution in [0.25, 0.3) is 0 Å². The van der Waals surface area contributed by atoms with Gasteiger partial charge in [0.2, 0.25) is 0 Å². The van der Waals surface area contributed by atoms with Crippen molar-refractivity contribution < 1.29 is 24.5 Å². The van der Waals surface area contributed by atoms with Crippen molar-refractivity contribution in [1.29, 1.82) is 0 Å². The van der Waals surface area contributed by atoms with Gasteiger partial charge in [-0.1, -0.05) is 42.5 Å². The predicted molar refractivity (Wildman–Crippen MR) is 211 cm³/mol. The average molecular weight is 755 g/mol. The fourth-order valence-corrected chi connectivity index (χ4v) is 7.86. The van der Waals surface area contributed by atoms with E-state index >= 15 is 0 Å². The van der Waals surface area contributed by atoms with E-state index in [1.165, 1.54) is 0 Å². The fraction of sp³-hybridized carbons (Fsp3) is 0.152. The minimum Gasteiger partial charge on any atom is -0.507 e. The van der Waals surface area contributed by atoms with Crippen molar-refractivity contribution in [3.63, 3.8) is 0 Å². The molecule has 0 saturated carbocycles. The van der Waals surface area contributed by atoms with E-state index in [-0.39, 0.29) is 24.6 Å². The van der Waals surface area contributed by atoms with Crippen LogP contribution in [-0.2, 0) is 49.6 Å². The number of aromatic nitrogens is 4. The lowest BCUT2D eigenvalue weighted by Gasteiger charge is -2.39. The number of carbonyl (C=O) groups excluding carboxylic acids is 1. The molecule has 2 aliphatic rings. The van der Waals surface area contributed by atoms with Crippen LogP contribution in [0.4, 0.5) is 0 Å². The monoisotopic (exact) mass is 754 g/mol. The van der Waals surface area contributed by atoms with Crippen molar-refractivity contribution in [2.24, 2.45) is 0 Å². The van der Waals surface area contributed by atoms with Gasteiger partial charge in [0.15, 0.2) is 5.60 Å². The van der Waals surface area contributed by atoms with Crippen LogP contribution in [0.2, 0.25) is 0 Å². The summed E-state index contributed by atoms with van der Waals surface area (Å²) >= 11 is 0. The minimum absolute atomic E-state index is 0.00522. The van der Waals surface area contributed by atoms with E-state index in [9.17, 15) is 15.0 Å². The molecule has 57 heavy (non-hydrogen) atoms. The van der Waals surface area contributed by atoms with E-state index in [1.54, 1.807) is 55.1 Å². The van der Waals surface area contributed by atoms with Gasteiger partial charge >= 0.3 is 5.97 Å². The van der Waals surface area contributed by atoms with Crippen molar-refractivity contribution in [2.75, 3.05) is 0 Å². The maximum atomic E-state index is 13.8. The number of hydrogen-bond donors (Lipinski definition) is 2. The first-order valence-corrected chi connectivity index (χ1v) is 18.7. The zero-order valence-corrected chi connectivity index (χ0v) is 30.9. The molecule has 0 fully saturated rings. The number of fused-ring (bicyclic) bond motifs is 6. The first-order valence-electron chi connectivity index (χ1n) is 18.7. The second-order valence-corrected chi connectivity index (χ2v) is 14.2. The summed E-state index contributed by atoms with van der Waals surface area (Å²) in [6.45, 7) is 2.24. The molecular weight excluding hydrogens is 717 g/mol. The summed E-state index contributed by atoms with van der Waals surface area (Å²) < 4.78 is 13.6. The molecule has 11 heteroatoms. The Kier molecular flexibility index (Phi) is 9.59. The highest BCUT2D eigenvalue weighted by Gasteiger charge is 2.54. The first-order chi connectivity index (χ1) is 28.0. The van der Waals surface area contributed by atoms with Crippen LogP contribution in [-0.4, -0.2) is 45.9 Å². The zero-order valence-electron chi connectivity index (χ0n) is 30.9. The number of pyridine rings is 4. The number of hydrogen-bond acceptors (Lipinski definition) is 11. The van der Waals surface area contributed by atoms with Gasteiger partial charge in [-0.15, -0.1) is 0 Å². The molecular formula is C46H38N6O5. The molecule has 1 spiro atoms. The van der Waals surface area contributed by atoms with Gasteiger partial charge in [0.25, 0.3) is 0 Å². The van der Waals surface area contributed by atoms with E-state index in [4.69, 9.17) is 9.47 Å². The van der Waals surface area contributed by atoms with Gasteiger partial charge in [-0.05, 0) is 78.9 Å². The molecule has 3 aromatic carbocycles. The zero-order chi connectivity index (χ0) is 38.8. The van der Waals surface area contributed by atoms with E-state index < -0.39 is 11.6 Å². The number of esters is 1. The number of carbonyl (C=O) groups is 1. The number of benzene rings is 3. The van der Waals surface area contributed by atoms with Gasteiger partial charge in [0.05, 0.1) is 39.5 Å². The number of aromatic hydroxyl groups is 2. The summed E-state index contributed by atoms with van der Waals surface area (Å²) in [7, 11) is 0. The molecule has 0 bridgehead atoms.